The molecule has 0 aromatic rings. The van der Waals surface area contributed by atoms with Gasteiger partial charge in [0.2, 0.25) is 0 Å². The number of aliphatic hydroxyl groups excluding tert-OH is 1. The lowest BCUT2D eigenvalue weighted by atomic mass is 9.97. The van der Waals surface area contributed by atoms with Gasteiger partial charge in [0.05, 0.1) is 6.61 Å². The van der Waals surface area contributed by atoms with Crippen LogP contribution in [0.4, 0.5) is 26.3 Å². The average molecular weight is 267 g/mol. The van der Waals surface area contributed by atoms with E-state index in [9.17, 15) is 31.1 Å². The molecule has 0 saturated heterocycles. The minimum absolute atomic E-state index is 0.142. The second-order valence-electron chi connectivity index (χ2n) is 3.53. The average Bonchev–Trinajstić information content (AvgIpc) is 2.14. The minimum Gasteiger partial charge on any atom is -0.395 e. The Kier molecular flexibility index (Phi) is 4.44. The van der Waals surface area contributed by atoms with Crippen molar-refractivity contribution in [1.29, 1.82) is 0 Å². The van der Waals surface area contributed by atoms with Gasteiger partial charge >= 0.3 is 12.1 Å². The monoisotopic (exact) mass is 267 g/mol. The van der Waals surface area contributed by atoms with Crippen molar-refractivity contribution in [2.45, 2.75) is 24.7 Å². The molecule has 0 rings (SSSR count). The Hall–Kier alpha value is -0.990. The quantitative estimate of drug-likeness (QED) is 0.781. The Bertz CT molecular complexity index is 288. The van der Waals surface area contributed by atoms with Crippen LogP contribution in [0.2, 0.25) is 0 Å². The molecule has 0 radical (unpaired) electrons. The number of hydrogen-bond donors (Lipinski definition) is 1. The van der Waals surface area contributed by atoms with Crippen molar-refractivity contribution in [1.82, 2.24) is 4.90 Å². The highest BCUT2D eigenvalue weighted by Gasteiger charge is 2.72. The predicted molar refractivity (Wildman–Crippen MR) is 45.2 cm³/mol. The first-order valence-corrected chi connectivity index (χ1v) is 4.39. The Balaban J connectivity index is 5.20. The second kappa shape index (κ2) is 4.71. The fourth-order valence-electron chi connectivity index (χ4n) is 1.01. The molecule has 0 saturated carbocycles. The third kappa shape index (κ3) is 2.82. The molecule has 102 valence electrons. The number of nitrogens with zero attached hydrogens (tertiary/aromatic N) is 1. The lowest BCUT2D eigenvalue weighted by Crippen LogP contribution is -2.60. The summed E-state index contributed by atoms with van der Waals surface area (Å²) in [6.45, 7) is -1.38. The van der Waals surface area contributed by atoms with Crippen LogP contribution in [0.5, 0.6) is 0 Å². The van der Waals surface area contributed by atoms with E-state index in [0.717, 1.165) is 7.05 Å². The molecular formula is C8H11F6NO2. The van der Waals surface area contributed by atoms with Gasteiger partial charge in [0, 0.05) is 13.6 Å². The van der Waals surface area contributed by atoms with Crippen LogP contribution in [0.25, 0.3) is 0 Å². The molecule has 0 bridgehead atoms. The molecule has 0 aromatic carbocycles. The minimum atomic E-state index is -6.17. The fourth-order valence-corrected chi connectivity index (χ4v) is 1.01. The number of rotatable bonds is 4. The van der Waals surface area contributed by atoms with Crippen LogP contribution < -0.4 is 0 Å². The standard InChI is InChI=1S/C8H11F6NO2/c1-6(9,5(17)15(2)3-4-16)7(10,11)8(12,13)14/h16H,3-4H2,1-2H3. The SMILES string of the molecule is CN(CCO)C(=O)C(C)(F)C(F)(F)C(F)(F)F. The summed E-state index contributed by atoms with van der Waals surface area (Å²) in [6.07, 6.45) is -6.17. The van der Waals surface area contributed by atoms with Gasteiger partial charge in [0.15, 0.2) is 0 Å². The molecule has 17 heavy (non-hydrogen) atoms. The third-order valence-corrected chi connectivity index (χ3v) is 2.13. The van der Waals surface area contributed by atoms with Gasteiger partial charge in [-0.1, -0.05) is 0 Å². The van der Waals surface area contributed by atoms with Gasteiger partial charge in [-0.05, 0) is 6.92 Å². The van der Waals surface area contributed by atoms with Crippen LogP contribution in [0.15, 0.2) is 0 Å². The summed E-state index contributed by atoms with van der Waals surface area (Å²) in [5.41, 5.74) is -4.42. The van der Waals surface area contributed by atoms with E-state index in [-0.39, 0.29) is 11.8 Å². The van der Waals surface area contributed by atoms with Gasteiger partial charge in [0.25, 0.3) is 11.6 Å². The van der Waals surface area contributed by atoms with Crippen LogP contribution in [0.1, 0.15) is 6.92 Å². The molecule has 0 aliphatic heterocycles. The van der Waals surface area contributed by atoms with E-state index in [1.54, 1.807) is 0 Å². The molecule has 9 heteroatoms. The summed E-state index contributed by atoms with van der Waals surface area (Å²) >= 11 is 0. The molecule has 3 nitrogen and oxygen atoms in total. The molecule has 1 atom stereocenters. The van der Waals surface area contributed by atoms with Crippen LogP contribution in [0.3, 0.4) is 0 Å². The number of alkyl halides is 6. The van der Waals surface area contributed by atoms with Gasteiger partial charge in [-0.2, -0.15) is 22.0 Å². The maximum atomic E-state index is 13.4. The zero-order chi connectivity index (χ0) is 14.1. The van der Waals surface area contributed by atoms with Crippen molar-refractivity contribution in [3.05, 3.63) is 0 Å². The number of halogens is 6. The number of amides is 1. The van der Waals surface area contributed by atoms with E-state index in [0.29, 0.717) is 0 Å². The molecule has 0 fully saturated rings. The van der Waals surface area contributed by atoms with Crippen LogP contribution >= 0.6 is 0 Å². The summed E-state index contributed by atoms with van der Waals surface area (Å²) in [7, 11) is 0.808. The molecule has 0 aromatic heterocycles. The van der Waals surface area contributed by atoms with Crippen LogP contribution in [0, 0.1) is 0 Å². The molecule has 1 amide bonds. The summed E-state index contributed by atoms with van der Waals surface area (Å²) in [4.78, 5) is 11.4. The van der Waals surface area contributed by atoms with E-state index in [1.807, 2.05) is 0 Å². The predicted octanol–water partition coefficient (Wildman–Crippen LogP) is 1.36. The fraction of sp³-hybridized carbons (Fsp3) is 0.875. The molecule has 1 N–H and O–H groups in total. The summed E-state index contributed by atoms with van der Waals surface area (Å²) in [6, 6.07) is 0. The largest absolute Gasteiger partial charge is 0.457 e. The molecular weight excluding hydrogens is 256 g/mol. The van der Waals surface area contributed by atoms with Crippen molar-refractivity contribution in [3.8, 4) is 0 Å². The van der Waals surface area contributed by atoms with E-state index < -0.39 is 36.8 Å². The number of hydrogen-bond acceptors (Lipinski definition) is 2. The van der Waals surface area contributed by atoms with Gasteiger partial charge in [-0.15, -0.1) is 0 Å². The number of likely N-dealkylation sites (N-methyl/N-ethyl adjacent to an activating group) is 1. The third-order valence-electron chi connectivity index (χ3n) is 2.13. The van der Waals surface area contributed by atoms with E-state index in [1.165, 1.54) is 0 Å². The number of aliphatic hydroxyl groups is 1. The Morgan fingerprint density at radius 1 is 1.18 bits per heavy atom. The van der Waals surface area contributed by atoms with Gasteiger partial charge in [-0.3, -0.25) is 4.79 Å². The highest BCUT2D eigenvalue weighted by atomic mass is 19.4. The van der Waals surface area contributed by atoms with E-state index in [4.69, 9.17) is 5.11 Å². The molecule has 0 aliphatic carbocycles. The first-order chi connectivity index (χ1) is 7.39. The van der Waals surface area contributed by atoms with Crippen molar-refractivity contribution in [2.24, 2.45) is 0 Å². The van der Waals surface area contributed by atoms with Gasteiger partial charge in [0.1, 0.15) is 0 Å². The summed E-state index contributed by atoms with van der Waals surface area (Å²) in [5, 5.41) is 8.39. The maximum absolute atomic E-state index is 13.4. The Morgan fingerprint density at radius 2 is 1.59 bits per heavy atom. The van der Waals surface area contributed by atoms with E-state index >= 15 is 0 Å². The molecule has 0 heterocycles. The summed E-state index contributed by atoms with van der Waals surface area (Å²) in [5.74, 6) is -7.85. The summed E-state index contributed by atoms with van der Waals surface area (Å²) < 4.78 is 74.7. The zero-order valence-corrected chi connectivity index (χ0v) is 8.98. The van der Waals surface area contributed by atoms with Crippen molar-refractivity contribution < 1.29 is 36.2 Å². The zero-order valence-electron chi connectivity index (χ0n) is 8.98. The van der Waals surface area contributed by atoms with Crippen LogP contribution in [-0.4, -0.2) is 53.9 Å². The van der Waals surface area contributed by atoms with Gasteiger partial charge in [-0.25, -0.2) is 4.39 Å². The first-order valence-electron chi connectivity index (χ1n) is 4.39. The molecule has 0 aliphatic rings. The number of carbonyl (C=O) groups excluding carboxylic acids is 1. The van der Waals surface area contributed by atoms with Gasteiger partial charge < -0.3 is 10.0 Å². The normalized spacial score (nSPS) is 16.5. The van der Waals surface area contributed by atoms with E-state index in [2.05, 4.69) is 0 Å². The second-order valence-corrected chi connectivity index (χ2v) is 3.53. The van der Waals surface area contributed by atoms with Crippen molar-refractivity contribution in [2.75, 3.05) is 20.2 Å². The number of carbonyl (C=O) groups is 1. The lowest BCUT2D eigenvalue weighted by molar-refractivity contribution is -0.319. The molecule has 0 spiro atoms. The van der Waals surface area contributed by atoms with Crippen LogP contribution in [-0.2, 0) is 4.79 Å². The topological polar surface area (TPSA) is 40.5 Å². The smallest absolute Gasteiger partial charge is 0.395 e. The maximum Gasteiger partial charge on any atom is 0.457 e. The lowest BCUT2D eigenvalue weighted by Gasteiger charge is -2.33. The highest BCUT2D eigenvalue weighted by molar-refractivity contribution is 5.86. The highest BCUT2D eigenvalue weighted by Crippen LogP contribution is 2.46. The Morgan fingerprint density at radius 3 is 1.88 bits per heavy atom. The Labute approximate surface area is 93.0 Å². The first kappa shape index (κ1) is 16.0. The molecule has 1 unspecified atom stereocenters. The van der Waals surface area contributed by atoms with Crippen molar-refractivity contribution in [3.63, 3.8) is 0 Å². The van der Waals surface area contributed by atoms with Crippen molar-refractivity contribution >= 4 is 5.91 Å².